The second-order valence-electron chi connectivity index (χ2n) is 5.17. The molecule has 15 heavy (non-hydrogen) atoms. The van der Waals surface area contributed by atoms with E-state index in [2.05, 4.69) is 26.2 Å². The molecule has 1 aliphatic rings. The molecule has 0 spiro atoms. The highest BCUT2D eigenvalue weighted by Crippen LogP contribution is 2.39. The van der Waals surface area contributed by atoms with Crippen molar-refractivity contribution in [2.24, 2.45) is 0 Å². The van der Waals surface area contributed by atoms with Crippen molar-refractivity contribution < 1.29 is 14.6 Å². The van der Waals surface area contributed by atoms with Crippen LogP contribution in [0.2, 0.25) is 19.6 Å². The molecule has 0 amide bonds. The number of carboxylic acids is 1. The van der Waals surface area contributed by atoms with Gasteiger partial charge in [0.15, 0.2) is 0 Å². The fraction of sp³-hybridized carbons (Fsp3) is 0.727. The van der Waals surface area contributed by atoms with Crippen molar-refractivity contribution >= 4 is 14.0 Å². The lowest BCUT2D eigenvalue weighted by Gasteiger charge is -2.46. The molecule has 1 aliphatic heterocycles. The average molecular weight is 228 g/mol. The molecular formula is C11H20O3Si. The fourth-order valence-corrected chi connectivity index (χ4v) is 4.72. The largest absolute Gasteiger partial charge is 0.478 e. The van der Waals surface area contributed by atoms with Gasteiger partial charge in [-0.25, -0.2) is 4.79 Å². The molecule has 1 atom stereocenters. The molecule has 1 rings (SSSR count). The molecule has 3 nitrogen and oxygen atoms in total. The van der Waals surface area contributed by atoms with Crippen LogP contribution in [0.25, 0.3) is 0 Å². The van der Waals surface area contributed by atoms with Crippen LogP contribution < -0.4 is 0 Å². The molecule has 0 bridgehead atoms. The van der Waals surface area contributed by atoms with E-state index in [1.54, 1.807) is 0 Å². The highest BCUT2D eigenvalue weighted by Gasteiger charge is 2.49. The summed E-state index contributed by atoms with van der Waals surface area (Å²) in [6.07, 6.45) is 2.88. The summed E-state index contributed by atoms with van der Waals surface area (Å²) in [5, 5.41) is 8.55. The van der Waals surface area contributed by atoms with Gasteiger partial charge in [0.2, 0.25) is 0 Å². The van der Waals surface area contributed by atoms with Crippen LogP contribution >= 0.6 is 0 Å². The Morgan fingerprint density at radius 2 is 2.00 bits per heavy atom. The normalized spacial score (nSPS) is 27.4. The SMILES string of the molecule is C=C(C(=O)O)C1([Si](C)(C)C)CCCCO1. The van der Waals surface area contributed by atoms with Crippen LogP contribution in [0.4, 0.5) is 0 Å². The molecule has 86 valence electrons. The number of carbonyl (C=O) groups is 1. The molecule has 0 radical (unpaired) electrons. The first-order valence-corrected chi connectivity index (χ1v) is 8.88. The van der Waals surface area contributed by atoms with E-state index in [4.69, 9.17) is 9.84 Å². The van der Waals surface area contributed by atoms with Crippen LogP contribution in [0.3, 0.4) is 0 Å². The van der Waals surface area contributed by atoms with Gasteiger partial charge < -0.3 is 9.84 Å². The van der Waals surface area contributed by atoms with Gasteiger partial charge in [0.1, 0.15) is 0 Å². The van der Waals surface area contributed by atoms with Gasteiger partial charge in [0.05, 0.1) is 18.9 Å². The zero-order valence-corrected chi connectivity index (χ0v) is 10.8. The maximum Gasteiger partial charge on any atom is 0.333 e. The van der Waals surface area contributed by atoms with Crippen LogP contribution in [-0.2, 0) is 9.53 Å². The van der Waals surface area contributed by atoms with E-state index in [1.165, 1.54) is 0 Å². The summed E-state index contributed by atoms with van der Waals surface area (Å²) in [6, 6.07) is 0. The Bertz CT molecular complexity index is 272. The molecule has 0 aromatic heterocycles. The maximum atomic E-state index is 11.1. The molecule has 0 aromatic carbocycles. The van der Waals surface area contributed by atoms with E-state index < -0.39 is 19.3 Å². The lowest BCUT2D eigenvalue weighted by Crippen LogP contribution is -2.58. The van der Waals surface area contributed by atoms with Crippen LogP contribution in [-0.4, -0.2) is 31.0 Å². The van der Waals surface area contributed by atoms with Crippen LogP contribution in [0.1, 0.15) is 19.3 Å². The highest BCUT2D eigenvalue weighted by atomic mass is 28.3. The number of rotatable bonds is 3. The Morgan fingerprint density at radius 1 is 1.40 bits per heavy atom. The number of ether oxygens (including phenoxy) is 1. The first kappa shape index (κ1) is 12.5. The molecule has 0 aliphatic carbocycles. The molecule has 1 heterocycles. The zero-order valence-electron chi connectivity index (χ0n) is 9.80. The topological polar surface area (TPSA) is 46.5 Å². The van der Waals surface area contributed by atoms with E-state index in [0.717, 1.165) is 19.3 Å². The molecule has 1 saturated heterocycles. The number of hydrogen-bond donors (Lipinski definition) is 1. The molecule has 0 aromatic rings. The van der Waals surface area contributed by atoms with Crippen LogP contribution in [0.15, 0.2) is 12.2 Å². The minimum atomic E-state index is -1.74. The van der Waals surface area contributed by atoms with Gasteiger partial charge in [-0.15, -0.1) is 0 Å². The molecule has 1 fully saturated rings. The number of aliphatic carboxylic acids is 1. The Balaban J connectivity index is 3.06. The summed E-state index contributed by atoms with van der Waals surface area (Å²) in [4.78, 5) is 11.1. The third kappa shape index (κ3) is 2.15. The van der Waals surface area contributed by atoms with Crippen molar-refractivity contribution in [1.82, 2.24) is 0 Å². The van der Waals surface area contributed by atoms with E-state index in [1.807, 2.05) is 0 Å². The quantitative estimate of drug-likeness (QED) is 0.596. The van der Waals surface area contributed by atoms with Gasteiger partial charge >= 0.3 is 5.97 Å². The maximum absolute atomic E-state index is 11.1. The Labute approximate surface area is 92.1 Å². The fourth-order valence-electron chi connectivity index (χ4n) is 2.25. The van der Waals surface area contributed by atoms with Crippen molar-refractivity contribution in [3.05, 3.63) is 12.2 Å². The zero-order chi connectivity index (χ0) is 11.7. The van der Waals surface area contributed by atoms with Gasteiger partial charge in [-0.3, -0.25) is 0 Å². The Kier molecular flexibility index (Phi) is 3.40. The van der Waals surface area contributed by atoms with Crippen molar-refractivity contribution in [2.75, 3.05) is 6.61 Å². The van der Waals surface area contributed by atoms with Gasteiger partial charge in [0.25, 0.3) is 0 Å². The lowest BCUT2D eigenvalue weighted by molar-refractivity contribution is -0.135. The smallest absolute Gasteiger partial charge is 0.333 e. The van der Waals surface area contributed by atoms with Gasteiger partial charge in [-0.1, -0.05) is 26.2 Å². The van der Waals surface area contributed by atoms with Crippen LogP contribution in [0.5, 0.6) is 0 Å². The highest BCUT2D eigenvalue weighted by molar-refractivity contribution is 6.80. The summed E-state index contributed by atoms with van der Waals surface area (Å²) >= 11 is 0. The summed E-state index contributed by atoms with van der Waals surface area (Å²) < 4.78 is 5.83. The molecule has 0 saturated carbocycles. The summed E-state index contributed by atoms with van der Waals surface area (Å²) in [7, 11) is -1.74. The average Bonchev–Trinajstić information content (AvgIpc) is 2.16. The first-order valence-electron chi connectivity index (χ1n) is 5.38. The van der Waals surface area contributed by atoms with Crippen LogP contribution in [0, 0.1) is 0 Å². The molecule has 4 heteroatoms. The number of carboxylic acid groups (broad SMARTS) is 1. The summed E-state index contributed by atoms with van der Waals surface area (Å²) in [6.45, 7) is 10.8. The summed E-state index contributed by atoms with van der Waals surface area (Å²) in [5.41, 5.74) is 0.251. The third-order valence-corrected chi connectivity index (χ3v) is 6.35. The Morgan fingerprint density at radius 3 is 2.33 bits per heavy atom. The molecular weight excluding hydrogens is 208 g/mol. The van der Waals surface area contributed by atoms with Gasteiger partial charge in [0, 0.05) is 6.61 Å². The minimum Gasteiger partial charge on any atom is -0.478 e. The third-order valence-electron chi connectivity index (χ3n) is 3.23. The van der Waals surface area contributed by atoms with Crippen molar-refractivity contribution in [2.45, 2.75) is 44.1 Å². The van der Waals surface area contributed by atoms with Crippen molar-refractivity contribution in [3.63, 3.8) is 0 Å². The number of hydrogen-bond acceptors (Lipinski definition) is 2. The minimum absolute atomic E-state index is 0.251. The lowest BCUT2D eigenvalue weighted by atomic mass is 10.0. The molecule has 1 N–H and O–H groups in total. The standard InChI is InChI=1S/C11H20O3Si/c1-9(10(12)13)11(15(2,3)4)7-5-6-8-14-11/h1,5-8H2,2-4H3,(H,12,13). The Hall–Kier alpha value is -0.613. The summed E-state index contributed by atoms with van der Waals surface area (Å²) in [5.74, 6) is -0.917. The predicted octanol–water partition coefficient (Wildman–Crippen LogP) is 2.44. The second kappa shape index (κ2) is 4.10. The van der Waals surface area contributed by atoms with E-state index in [9.17, 15) is 4.79 Å². The van der Waals surface area contributed by atoms with Crippen molar-refractivity contribution in [3.8, 4) is 0 Å². The van der Waals surface area contributed by atoms with Crippen molar-refractivity contribution in [1.29, 1.82) is 0 Å². The van der Waals surface area contributed by atoms with E-state index >= 15 is 0 Å². The van der Waals surface area contributed by atoms with E-state index in [0.29, 0.717) is 6.61 Å². The van der Waals surface area contributed by atoms with E-state index in [-0.39, 0.29) is 5.57 Å². The molecule has 1 unspecified atom stereocenters. The van der Waals surface area contributed by atoms with Gasteiger partial charge in [-0.05, 0) is 19.3 Å². The second-order valence-corrected chi connectivity index (χ2v) is 10.5. The monoisotopic (exact) mass is 228 g/mol. The van der Waals surface area contributed by atoms with Gasteiger partial charge in [-0.2, -0.15) is 0 Å². The first-order chi connectivity index (χ1) is 6.81. The predicted molar refractivity (Wildman–Crippen MR) is 62.7 cm³/mol.